The number of fused-ring (bicyclic) bond motifs is 4. The monoisotopic (exact) mass is 354 g/mol. The minimum Gasteiger partial charge on any atom is -0.381 e. The standard InChI is InChI=1S/C20H26N4O2/c25-20-17(1-2-18-16-9-15(10-21-11-16)13-24(18)20)19-22-5-6-23(19)12-14-3-7-26-8-4-14/h1-2,5-6,14-16,21H,3-4,7-13H2/t15-,16+/m0/s1. The lowest BCUT2D eigenvalue weighted by Gasteiger charge is -2.37. The zero-order chi connectivity index (χ0) is 17.5. The number of imidazole rings is 1. The number of nitrogens with one attached hydrogen (secondary N) is 1. The van der Waals surface area contributed by atoms with Crippen LogP contribution in [-0.2, 0) is 17.8 Å². The van der Waals surface area contributed by atoms with Crippen molar-refractivity contribution in [3.05, 3.63) is 40.6 Å². The normalized spacial score (nSPS) is 25.8. The van der Waals surface area contributed by atoms with E-state index in [9.17, 15) is 4.79 Å². The molecular weight excluding hydrogens is 328 g/mol. The molecule has 2 aromatic heterocycles. The van der Waals surface area contributed by atoms with Crippen LogP contribution in [0.4, 0.5) is 0 Å². The van der Waals surface area contributed by atoms with Crippen LogP contribution in [0.25, 0.3) is 11.4 Å². The molecule has 5 rings (SSSR count). The molecule has 3 aliphatic heterocycles. The first kappa shape index (κ1) is 16.3. The van der Waals surface area contributed by atoms with Crippen LogP contribution in [0, 0.1) is 11.8 Å². The van der Waals surface area contributed by atoms with Crippen molar-refractivity contribution in [3.8, 4) is 11.4 Å². The topological polar surface area (TPSA) is 61.1 Å². The Morgan fingerprint density at radius 1 is 1.23 bits per heavy atom. The Morgan fingerprint density at radius 2 is 2.12 bits per heavy atom. The summed E-state index contributed by atoms with van der Waals surface area (Å²) < 4.78 is 9.64. The maximum Gasteiger partial charge on any atom is 0.261 e. The molecule has 6 heteroatoms. The van der Waals surface area contributed by atoms with Gasteiger partial charge in [0.25, 0.3) is 5.56 Å². The summed E-state index contributed by atoms with van der Waals surface area (Å²) in [6.07, 6.45) is 7.18. The van der Waals surface area contributed by atoms with Crippen LogP contribution in [0.1, 0.15) is 30.9 Å². The summed E-state index contributed by atoms with van der Waals surface area (Å²) in [6, 6.07) is 4.14. The molecule has 1 N–H and O–H groups in total. The molecule has 2 fully saturated rings. The average molecular weight is 354 g/mol. The summed E-state index contributed by atoms with van der Waals surface area (Å²) in [7, 11) is 0. The molecule has 0 unspecified atom stereocenters. The Bertz CT molecular complexity index is 850. The second-order valence-electron chi connectivity index (χ2n) is 8.00. The lowest BCUT2D eigenvalue weighted by Crippen LogP contribution is -2.45. The molecule has 3 aliphatic rings. The molecular formula is C20H26N4O2. The van der Waals surface area contributed by atoms with Gasteiger partial charge in [-0.1, -0.05) is 0 Å². The number of piperidine rings is 1. The Hall–Kier alpha value is -1.92. The SMILES string of the molecule is O=c1c(-c2nccn2CC2CCOCC2)ccc2n1C[C@@H]1CNC[C@H]2C1. The fraction of sp³-hybridized carbons (Fsp3) is 0.600. The van der Waals surface area contributed by atoms with Gasteiger partial charge in [-0.25, -0.2) is 4.98 Å². The summed E-state index contributed by atoms with van der Waals surface area (Å²) in [6.45, 7) is 5.42. The van der Waals surface area contributed by atoms with Gasteiger partial charge in [-0.3, -0.25) is 4.79 Å². The van der Waals surface area contributed by atoms with Crippen molar-refractivity contribution in [1.82, 2.24) is 19.4 Å². The molecule has 2 atom stereocenters. The molecule has 2 bridgehead atoms. The van der Waals surface area contributed by atoms with E-state index in [0.717, 1.165) is 63.6 Å². The van der Waals surface area contributed by atoms with Gasteiger partial charge >= 0.3 is 0 Å². The molecule has 5 heterocycles. The van der Waals surface area contributed by atoms with Crippen molar-refractivity contribution >= 4 is 0 Å². The quantitative estimate of drug-likeness (QED) is 0.914. The third-order valence-electron chi connectivity index (χ3n) is 6.26. The minimum atomic E-state index is 0.124. The van der Waals surface area contributed by atoms with Gasteiger partial charge in [0.05, 0.1) is 5.56 Å². The first-order valence-electron chi connectivity index (χ1n) is 9.83. The number of hydrogen-bond acceptors (Lipinski definition) is 4. The van der Waals surface area contributed by atoms with E-state index in [1.807, 2.05) is 23.0 Å². The van der Waals surface area contributed by atoms with Crippen molar-refractivity contribution in [2.24, 2.45) is 11.8 Å². The minimum absolute atomic E-state index is 0.124. The predicted molar refractivity (Wildman–Crippen MR) is 99.2 cm³/mol. The van der Waals surface area contributed by atoms with Crippen molar-refractivity contribution < 1.29 is 4.74 Å². The van der Waals surface area contributed by atoms with E-state index in [-0.39, 0.29) is 5.56 Å². The first-order valence-corrected chi connectivity index (χ1v) is 9.83. The smallest absolute Gasteiger partial charge is 0.261 e. The van der Waals surface area contributed by atoms with Gasteiger partial charge in [0.2, 0.25) is 0 Å². The highest BCUT2D eigenvalue weighted by molar-refractivity contribution is 5.54. The van der Waals surface area contributed by atoms with E-state index in [1.54, 1.807) is 0 Å². The highest BCUT2D eigenvalue weighted by Gasteiger charge is 2.31. The van der Waals surface area contributed by atoms with E-state index < -0.39 is 0 Å². The first-order chi connectivity index (χ1) is 12.8. The average Bonchev–Trinajstić information content (AvgIpc) is 3.12. The number of rotatable bonds is 3. The summed E-state index contributed by atoms with van der Waals surface area (Å²) in [5.74, 6) is 2.44. The van der Waals surface area contributed by atoms with Gasteiger partial charge in [-0.2, -0.15) is 0 Å². The molecule has 0 spiro atoms. The van der Waals surface area contributed by atoms with Gasteiger partial charge in [-0.15, -0.1) is 0 Å². The molecule has 0 radical (unpaired) electrons. The molecule has 6 nitrogen and oxygen atoms in total. The second kappa shape index (κ2) is 6.67. The molecule has 0 aromatic carbocycles. The highest BCUT2D eigenvalue weighted by Crippen LogP contribution is 2.32. The molecule has 0 aliphatic carbocycles. The van der Waals surface area contributed by atoms with E-state index in [4.69, 9.17) is 4.74 Å². The molecule has 138 valence electrons. The molecule has 2 saturated heterocycles. The Morgan fingerprint density at radius 3 is 3.00 bits per heavy atom. The van der Waals surface area contributed by atoms with Crippen LogP contribution in [0.15, 0.2) is 29.3 Å². The predicted octanol–water partition coefficient (Wildman–Crippen LogP) is 1.85. The van der Waals surface area contributed by atoms with Crippen LogP contribution in [0.5, 0.6) is 0 Å². The van der Waals surface area contributed by atoms with E-state index >= 15 is 0 Å². The maximum atomic E-state index is 13.3. The van der Waals surface area contributed by atoms with Crippen LogP contribution in [0.3, 0.4) is 0 Å². The van der Waals surface area contributed by atoms with Gasteiger partial charge in [0.15, 0.2) is 0 Å². The number of nitrogens with zero attached hydrogens (tertiary/aromatic N) is 3. The lowest BCUT2D eigenvalue weighted by molar-refractivity contribution is 0.0614. The van der Waals surface area contributed by atoms with Crippen LogP contribution >= 0.6 is 0 Å². The number of ether oxygens (including phenoxy) is 1. The lowest BCUT2D eigenvalue weighted by atomic mass is 9.84. The van der Waals surface area contributed by atoms with Gasteiger partial charge in [-0.05, 0) is 49.8 Å². The third kappa shape index (κ3) is 2.81. The highest BCUT2D eigenvalue weighted by atomic mass is 16.5. The van der Waals surface area contributed by atoms with Gasteiger partial charge < -0.3 is 19.2 Å². The van der Waals surface area contributed by atoms with Gasteiger partial charge in [0, 0.05) is 56.9 Å². The summed E-state index contributed by atoms with van der Waals surface area (Å²) >= 11 is 0. The number of hydrogen-bond donors (Lipinski definition) is 1. The molecule has 2 aromatic rings. The van der Waals surface area contributed by atoms with Crippen LogP contribution < -0.4 is 10.9 Å². The Labute approximate surface area is 153 Å². The molecule has 0 amide bonds. The fourth-order valence-electron chi connectivity index (χ4n) is 4.87. The van der Waals surface area contributed by atoms with Crippen molar-refractivity contribution in [3.63, 3.8) is 0 Å². The van der Waals surface area contributed by atoms with Gasteiger partial charge in [0.1, 0.15) is 5.82 Å². The number of aromatic nitrogens is 3. The van der Waals surface area contributed by atoms with E-state index in [2.05, 4.69) is 20.9 Å². The van der Waals surface area contributed by atoms with Crippen molar-refractivity contribution in [2.45, 2.75) is 38.3 Å². The summed E-state index contributed by atoms with van der Waals surface area (Å²) in [5.41, 5.74) is 2.04. The molecule has 26 heavy (non-hydrogen) atoms. The summed E-state index contributed by atoms with van der Waals surface area (Å²) in [5, 5.41) is 3.50. The maximum absolute atomic E-state index is 13.3. The van der Waals surface area contributed by atoms with E-state index in [1.165, 1.54) is 12.1 Å². The zero-order valence-electron chi connectivity index (χ0n) is 15.1. The van der Waals surface area contributed by atoms with E-state index in [0.29, 0.717) is 17.8 Å². The van der Waals surface area contributed by atoms with Crippen molar-refractivity contribution in [2.75, 3.05) is 26.3 Å². The molecule has 0 saturated carbocycles. The summed E-state index contributed by atoms with van der Waals surface area (Å²) in [4.78, 5) is 17.8. The third-order valence-corrected chi connectivity index (χ3v) is 6.26. The Kier molecular flexibility index (Phi) is 4.17. The Balaban J connectivity index is 1.49. The van der Waals surface area contributed by atoms with Crippen molar-refractivity contribution in [1.29, 1.82) is 0 Å². The number of pyridine rings is 1. The second-order valence-corrected chi connectivity index (χ2v) is 8.00. The largest absolute Gasteiger partial charge is 0.381 e. The fourth-order valence-corrected chi connectivity index (χ4v) is 4.87. The van der Waals surface area contributed by atoms with Crippen LogP contribution in [-0.4, -0.2) is 40.4 Å². The van der Waals surface area contributed by atoms with Crippen LogP contribution in [0.2, 0.25) is 0 Å². The zero-order valence-corrected chi connectivity index (χ0v) is 15.1.